The standard InChI is InChI=1S/C17H25ClN2O3S/c1-4-13(2)19(3)17(21)14-8-9-15(18)16(12-14)24(22,23)20-10-6-5-7-11-20/h8-9,12-13H,4-7,10-11H2,1-3H3. The maximum Gasteiger partial charge on any atom is 0.253 e. The summed E-state index contributed by atoms with van der Waals surface area (Å²) in [7, 11) is -1.94. The summed E-state index contributed by atoms with van der Waals surface area (Å²) in [4.78, 5) is 14.2. The number of benzene rings is 1. The van der Waals surface area contributed by atoms with Gasteiger partial charge in [-0.3, -0.25) is 4.79 Å². The zero-order chi connectivity index (χ0) is 17.9. The van der Waals surface area contributed by atoms with E-state index in [1.54, 1.807) is 18.0 Å². The number of sulfonamides is 1. The highest BCUT2D eigenvalue weighted by Gasteiger charge is 2.29. The Balaban J connectivity index is 2.36. The van der Waals surface area contributed by atoms with Gasteiger partial charge in [-0.1, -0.05) is 24.9 Å². The summed E-state index contributed by atoms with van der Waals surface area (Å²) < 4.78 is 27.2. The minimum atomic E-state index is -3.67. The monoisotopic (exact) mass is 372 g/mol. The molecule has 1 unspecified atom stereocenters. The van der Waals surface area contributed by atoms with E-state index in [2.05, 4.69) is 0 Å². The molecule has 1 atom stereocenters. The molecule has 1 aromatic carbocycles. The highest BCUT2D eigenvalue weighted by Crippen LogP contribution is 2.28. The van der Waals surface area contributed by atoms with E-state index in [1.807, 2.05) is 13.8 Å². The third-order valence-electron chi connectivity index (χ3n) is 4.68. The van der Waals surface area contributed by atoms with Gasteiger partial charge in [0.2, 0.25) is 10.0 Å². The Kier molecular flexibility index (Phi) is 6.28. The predicted octanol–water partition coefficient (Wildman–Crippen LogP) is 3.39. The van der Waals surface area contributed by atoms with Crippen molar-refractivity contribution >= 4 is 27.5 Å². The van der Waals surface area contributed by atoms with Crippen molar-refractivity contribution in [3.8, 4) is 0 Å². The van der Waals surface area contributed by atoms with Crippen molar-refractivity contribution in [2.24, 2.45) is 0 Å². The molecule has 1 heterocycles. The van der Waals surface area contributed by atoms with Crippen LogP contribution >= 0.6 is 11.6 Å². The molecule has 1 fully saturated rings. The number of carbonyl (C=O) groups is 1. The maximum atomic E-state index is 12.9. The Morgan fingerprint density at radius 1 is 1.29 bits per heavy atom. The quantitative estimate of drug-likeness (QED) is 0.796. The second-order valence-electron chi connectivity index (χ2n) is 6.28. The minimum absolute atomic E-state index is 0.0227. The molecule has 5 nitrogen and oxygen atoms in total. The number of hydrogen-bond donors (Lipinski definition) is 0. The molecular formula is C17H25ClN2O3S. The molecule has 0 N–H and O–H groups in total. The summed E-state index contributed by atoms with van der Waals surface area (Å²) in [6, 6.07) is 4.57. The molecule has 0 aliphatic carbocycles. The Hall–Kier alpha value is -1.11. The number of piperidine rings is 1. The van der Waals surface area contributed by atoms with Crippen LogP contribution in [0.4, 0.5) is 0 Å². The van der Waals surface area contributed by atoms with E-state index in [0.717, 1.165) is 25.7 Å². The Labute approximate surface area is 149 Å². The molecule has 0 spiro atoms. The molecule has 1 aliphatic heterocycles. The summed E-state index contributed by atoms with van der Waals surface area (Å²) in [6.07, 6.45) is 3.57. The second-order valence-corrected chi connectivity index (χ2v) is 8.60. The molecule has 2 rings (SSSR count). The van der Waals surface area contributed by atoms with Gasteiger partial charge in [0, 0.05) is 31.7 Å². The Bertz CT molecular complexity index is 700. The average molecular weight is 373 g/mol. The zero-order valence-corrected chi connectivity index (χ0v) is 16.0. The normalized spacial score (nSPS) is 17.5. The third-order valence-corrected chi connectivity index (χ3v) is 7.06. The van der Waals surface area contributed by atoms with Gasteiger partial charge in [0.15, 0.2) is 0 Å². The molecule has 0 bridgehead atoms. The van der Waals surface area contributed by atoms with Gasteiger partial charge in [-0.25, -0.2) is 8.42 Å². The van der Waals surface area contributed by atoms with Gasteiger partial charge in [0.1, 0.15) is 4.90 Å². The van der Waals surface area contributed by atoms with Gasteiger partial charge in [-0.2, -0.15) is 4.31 Å². The van der Waals surface area contributed by atoms with E-state index in [0.29, 0.717) is 18.7 Å². The predicted molar refractivity (Wildman–Crippen MR) is 95.9 cm³/mol. The first-order valence-electron chi connectivity index (χ1n) is 8.36. The second kappa shape index (κ2) is 7.85. The van der Waals surface area contributed by atoms with Crippen molar-refractivity contribution < 1.29 is 13.2 Å². The van der Waals surface area contributed by atoms with Crippen molar-refractivity contribution in [2.75, 3.05) is 20.1 Å². The fraction of sp³-hybridized carbons (Fsp3) is 0.588. The molecule has 1 amide bonds. The zero-order valence-electron chi connectivity index (χ0n) is 14.5. The summed E-state index contributed by atoms with van der Waals surface area (Å²) in [5.41, 5.74) is 0.345. The van der Waals surface area contributed by atoms with Crippen LogP contribution in [0, 0.1) is 0 Å². The van der Waals surface area contributed by atoms with E-state index < -0.39 is 10.0 Å². The summed E-state index contributed by atoms with van der Waals surface area (Å²) in [5, 5.41) is 0.156. The van der Waals surface area contributed by atoms with Crippen LogP contribution in [0.2, 0.25) is 5.02 Å². The third kappa shape index (κ3) is 3.92. The van der Waals surface area contributed by atoms with Crippen LogP contribution in [-0.2, 0) is 10.0 Å². The van der Waals surface area contributed by atoms with Gasteiger partial charge in [-0.05, 0) is 44.4 Å². The van der Waals surface area contributed by atoms with Gasteiger partial charge >= 0.3 is 0 Å². The van der Waals surface area contributed by atoms with Crippen molar-refractivity contribution in [2.45, 2.75) is 50.5 Å². The highest BCUT2D eigenvalue weighted by molar-refractivity contribution is 7.89. The van der Waals surface area contributed by atoms with Crippen LogP contribution in [0.5, 0.6) is 0 Å². The first kappa shape index (κ1) is 19.2. The fourth-order valence-electron chi connectivity index (χ4n) is 2.76. The Morgan fingerprint density at radius 3 is 2.50 bits per heavy atom. The first-order valence-corrected chi connectivity index (χ1v) is 10.2. The van der Waals surface area contributed by atoms with Crippen molar-refractivity contribution in [3.63, 3.8) is 0 Å². The van der Waals surface area contributed by atoms with E-state index in [9.17, 15) is 13.2 Å². The van der Waals surface area contributed by atoms with Crippen molar-refractivity contribution in [1.29, 1.82) is 0 Å². The number of amides is 1. The van der Waals surface area contributed by atoms with Crippen molar-refractivity contribution in [3.05, 3.63) is 28.8 Å². The van der Waals surface area contributed by atoms with E-state index in [1.165, 1.54) is 16.4 Å². The Morgan fingerprint density at radius 2 is 1.92 bits per heavy atom. The van der Waals surface area contributed by atoms with Crippen LogP contribution in [-0.4, -0.2) is 49.7 Å². The van der Waals surface area contributed by atoms with Gasteiger partial charge in [-0.15, -0.1) is 0 Å². The molecule has 0 radical (unpaired) electrons. The molecule has 1 aliphatic rings. The molecule has 134 valence electrons. The fourth-order valence-corrected chi connectivity index (χ4v) is 4.77. The maximum absolute atomic E-state index is 12.9. The van der Waals surface area contributed by atoms with Crippen LogP contribution in [0.3, 0.4) is 0 Å². The van der Waals surface area contributed by atoms with Crippen LogP contribution in [0.25, 0.3) is 0 Å². The number of halogens is 1. The summed E-state index contributed by atoms with van der Waals surface area (Å²) in [6.45, 7) is 4.97. The lowest BCUT2D eigenvalue weighted by Gasteiger charge is -2.27. The first-order chi connectivity index (χ1) is 11.3. The van der Waals surface area contributed by atoms with E-state index in [-0.39, 0.29) is 21.9 Å². The van der Waals surface area contributed by atoms with E-state index >= 15 is 0 Å². The molecular weight excluding hydrogens is 348 g/mol. The molecule has 24 heavy (non-hydrogen) atoms. The topological polar surface area (TPSA) is 57.7 Å². The van der Waals surface area contributed by atoms with Crippen LogP contribution in [0.1, 0.15) is 49.9 Å². The lowest BCUT2D eigenvalue weighted by Crippen LogP contribution is -2.36. The minimum Gasteiger partial charge on any atom is -0.339 e. The number of rotatable bonds is 5. The molecule has 0 saturated carbocycles. The summed E-state index contributed by atoms with van der Waals surface area (Å²) in [5.74, 6) is -0.198. The molecule has 1 aromatic rings. The molecule has 1 saturated heterocycles. The summed E-state index contributed by atoms with van der Waals surface area (Å²) >= 11 is 6.14. The molecule has 7 heteroatoms. The average Bonchev–Trinajstić information content (AvgIpc) is 2.60. The van der Waals surface area contributed by atoms with Gasteiger partial charge in [0.25, 0.3) is 5.91 Å². The highest BCUT2D eigenvalue weighted by atomic mass is 35.5. The number of hydrogen-bond acceptors (Lipinski definition) is 3. The van der Waals surface area contributed by atoms with Gasteiger partial charge < -0.3 is 4.90 Å². The lowest BCUT2D eigenvalue weighted by molar-refractivity contribution is 0.0740. The number of carbonyl (C=O) groups excluding carboxylic acids is 1. The molecule has 0 aromatic heterocycles. The van der Waals surface area contributed by atoms with E-state index in [4.69, 9.17) is 11.6 Å². The van der Waals surface area contributed by atoms with Crippen molar-refractivity contribution in [1.82, 2.24) is 9.21 Å². The van der Waals surface area contributed by atoms with Crippen LogP contribution in [0.15, 0.2) is 23.1 Å². The van der Waals surface area contributed by atoms with Crippen LogP contribution < -0.4 is 0 Å². The van der Waals surface area contributed by atoms with Gasteiger partial charge in [0.05, 0.1) is 5.02 Å². The SMILES string of the molecule is CCC(C)N(C)C(=O)c1ccc(Cl)c(S(=O)(=O)N2CCCCC2)c1. The lowest BCUT2D eigenvalue weighted by atomic mass is 10.1. The smallest absolute Gasteiger partial charge is 0.253 e. The largest absolute Gasteiger partial charge is 0.339 e. The number of nitrogens with zero attached hydrogens (tertiary/aromatic N) is 2.